The number of amides is 1. The lowest BCUT2D eigenvalue weighted by molar-refractivity contribution is -0.122. The van der Waals surface area contributed by atoms with E-state index in [1.165, 1.54) is 0 Å². The first-order chi connectivity index (χ1) is 14.5. The molecule has 2 heterocycles. The van der Waals surface area contributed by atoms with E-state index in [0.717, 1.165) is 33.6 Å². The van der Waals surface area contributed by atoms with Crippen LogP contribution in [0.5, 0.6) is 0 Å². The van der Waals surface area contributed by atoms with Gasteiger partial charge < -0.3 is 10.3 Å². The average molecular weight is 402 g/mol. The maximum atomic E-state index is 13.2. The van der Waals surface area contributed by atoms with Gasteiger partial charge in [-0.3, -0.25) is 14.6 Å². The van der Waals surface area contributed by atoms with Crippen molar-refractivity contribution in [3.05, 3.63) is 77.2 Å². The van der Waals surface area contributed by atoms with Gasteiger partial charge in [-0.2, -0.15) is 0 Å². The third-order valence-corrected chi connectivity index (χ3v) is 5.49. The first-order valence-electron chi connectivity index (χ1n) is 10.5. The minimum atomic E-state index is -0.162. The van der Waals surface area contributed by atoms with Crippen molar-refractivity contribution in [1.82, 2.24) is 15.3 Å². The van der Waals surface area contributed by atoms with E-state index in [1.807, 2.05) is 44.2 Å². The number of carbonyl (C=O) groups excluding carboxylic acids is 2. The molecule has 0 bridgehead atoms. The molecule has 1 aliphatic carbocycles. The first kappa shape index (κ1) is 20.1. The lowest BCUT2D eigenvalue weighted by Crippen LogP contribution is -2.41. The Morgan fingerprint density at radius 2 is 1.87 bits per heavy atom. The van der Waals surface area contributed by atoms with Crippen LogP contribution in [0.15, 0.2) is 54.9 Å². The summed E-state index contributed by atoms with van der Waals surface area (Å²) in [6.45, 7) is 4.04. The van der Waals surface area contributed by atoms with Crippen molar-refractivity contribution in [2.75, 3.05) is 0 Å². The van der Waals surface area contributed by atoms with Crippen molar-refractivity contribution in [2.24, 2.45) is 5.92 Å². The summed E-state index contributed by atoms with van der Waals surface area (Å²) in [4.78, 5) is 33.0. The molecule has 5 heteroatoms. The number of nitrogens with one attached hydrogen (secondary N) is 2. The van der Waals surface area contributed by atoms with Gasteiger partial charge in [0.1, 0.15) is 0 Å². The smallest absolute Gasteiger partial charge is 0.220 e. The van der Waals surface area contributed by atoms with E-state index in [-0.39, 0.29) is 17.7 Å². The van der Waals surface area contributed by atoms with Gasteiger partial charge >= 0.3 is 0 Å². The zero-order valence-electron chi connectivity index (χ0n) is 17.4. The van der Waals surface area contributed by atoms with E-state index in [0.29, 0.717) is 31.6 Å². The number of fused-ring (bicyclic) bond motifs is 1. The second-order valence-corrected chi connectivity index (χ2v) is 8.42. The van der Waals surface area contributed by atoms with Gasteiger partial charge in [-0.25, -0.2) is 0 Å². The highest BCUT2D eigenvalue weighted by Gasteiger charge is 2.32. The fourth-order valence-corrected chi connectivity index (χ4v) is 4.23. The Labute approximate surface area is 176 Å². The first-order valence-corrected chi connectivity index (χ1v) is 10.5. The van der Waals surface area contributed by atoms with Gasteiger partial charge in [0.05, 0.1) is 5.69 Å². The fraction of sp³-hybridized carbons (Fsp3) is 0.320. The van der Waals surface area contributed by atoms with Crippen molar-refractivity contribution >= 4 is 11.7 Å². The van der Waals surface area contributed by atoms with Gasteiger partial charge in [-0.1, -0.05) is 44.2 Å². The van der Waals surface area contributed by atoms with Gasteiger partial charge in [0.2, 0.25) is 5.91 Å². The number of aromatic amines is 1. The van der Waals surface area contributed by atoms with Gasteiger partial charge in [-0.15, -0.1) is 0 Å². The average Bonchev–Trinajstić information content (AvgIpc) is 3.07. The van der Waals surface area contributed by atoms with Gasteiger partial charge in [0.25, 0.3) is 0 Å². The van der Waals surface area contributed by atoms with Crippen LogP contribution in [0.2, 0.25) is 0 Å². The Kier molecular flexibility index (Phi) is 5.79. The van der Waals surface area contributed by atoms with Crippen LogP contribution >= 0.6 is 0 Å². The maximum Gasteiger partial charge on any atom is 0.220 e. The van der Waals surface area contributed by atoms with Crippen LogP contribution < -0.4 is 5.32 Å². The summed E-state index contributed by atoms with van der Waals surface area (Å²) in [6, 6.07) is 13.9. The molecular weight excluding hydrogens is 374 g/mol. The van der Waals surface area contributed by atoms with Crippen molar-refractivity contribution < 1.29 is 9.59 Å². The summed E-state index contributed by atoms with van der Waals surface area (Å²) in [6.07, 6.45) is 5.66. The number of rotatable bonds is 6. The van der Waals surface area contributed by atoms with Crippen molar-refractivity contribution in [3.63, 3.8) is 0 Å². The lowest BCUT2D eigenvalue weighted by atomic mass is 9.87. The van der Waals surface area contributed by atoms with Gasteiger partial charge in [-0.05, 0) is 29.2 Å². The molecule has 154 valence electrons. The standard InChI is InChI=1S/C25H27N3O2/c1-16(2)12-23(30)27-19-14-21-24(22(29)15-19)20(13-17-6-4-3-5-7-17)25(28-21)18-8-10-26-11-9-18/h3-11,16,19,28H,12-15H2,1-2H3,(H,27,30). The second-order valence-electron chi connectivity index (χ2n) is 8.42. The van der Waals surface area contributed by atoms with Crippen LogP contribution in [0, 0.1) is 5.92 Å². The van der Waals surface area contributed by atoms with Crippen LogP contribution in [0.4, 0.5) is 0 Å². The van der Waals surface area contributed by atoms with Crippen LogP contribution in [0.25, 0.3) is 11.3 Å². The zero-order valence-corrected chi connectivity index (χ0v) is 17.4. The van der Waals surface area contributed by atoms with E-state index < -0.39 is 0 Å². The van der Waals surface area contributed by atoms with E-state index in [1.54, 1.807) is 12.4 Å². The minimum Gasteiger partial charge on any atom is -0.357 e. The highest BCUT2D eigenvalue weighted by Crippen LogP contribution is 2.34. The molecule has 2 aromatic heterocycles. The monoisotopic (exact) mass is 401 g/mol. The highest BCUT2D eigenvalue weighted by atomic mass is 16.2. The highest BCUT2D eigenvalue weighted by molar-refractivity contribution is 6.02. The molecule has 0 radical (unpaired) electrons. The molecule has 0 aliphatic heterocycles. The summed E-state index contributed by atoms with van der Waals surface area (Å²) in [5.74, 6) is 0.395. The number of benzene rings is 1. The third kappa shape index (κ3) is 4.35. The summed E-state index contributed by atoms with van der Waals surface area (Å²) in [5.41, 5.74) is 5.88. The molecule has 0 fully saturated rings. The van der Waals surface area contributed by atoms with Crippen LogP contribution in [0.3, 0.4) is 0 Å². The number of nitrogens with zero attached hydrogens (tertiary/aromatic N) is 1. The zero-order chi connectivity index (χ0) is 21.1. The van der Waals surface area contributed by atoms with Crippen LogP contribution in [-0.4, -0.2) is 27.7 Å². The molecular formula is C25H27N3O2. The van der Waals surface area contributed by atoms with E-state index in [9.17, 15) is 9.59 Å². The molecule has 5 nitrogen and oxygen atoms in total. The number of carbonyl (C=O) groups is 2. The van der Waals surface area contributed by atoms with Gasteiger partial charge in [0.15, 0.2) is 5.78 Å². The summed E-state index contributed by atoms with van der Waals surface area (Å²) in [7, 11) is 0. The molecule has 0 spiro atoms. The Morgan fingerprint density at radius 3 is 2.57 bits per heavy atom. The fourth-order valence-electron chi connectivity index (χ4n) is 4.23. The number of H-pyrrole nitrogens is 1. The minimum absolute atomic E-state index is 0.0108. The molecule has 1 amide bonds. The lowest BCUT2D eigenvalue weighted by Gasteiger charge is -2.23. The Morgan fingerprint density at radius 1 is 1.13 bits per heavy atom. The molecule has 0 saturated carbocycles. The van der Waals surface area contributed by atoms with E-state index in [4.69, 9.17) is 0 Å². The third-order valence-electron chi connectivity index (χ3n) is 5.49. The largest absolute Gasteiger partial charge is 0.357 e. The molecule has 1 aromatic carbocycles. The normalized spacial score (nSPS) is 15.8. The van der Waals surface area contributed by atoms with Crippen molar-refractivity contribution in [2.45, 2.75) is 45.6 Å². The topological polar surface area (TPSA) is 74.8 Å². The molecule has 4 rings (SSSR count). The predicted molar refractivity (Wildman–Crippen MR) is 117 cm³/mol. The quantitative estimate of drug-likeness (QED) is 0.646. The molecule has 2 N–H and O–H groups in total. The van der Waals surface area contributed by atoms with Gasteiger partial charge in [0, 0.05) is 60.9 Å². The van der Waals surface area contributed by atoms with Crippen LogP contribution in [0.1, 0.15) is 53.9 Å². The number of hydrogen-bond donors (Lipinski definition) is 2. The number of ketones is 1. The van der Waals surface area contributed by atoms with E-state index >= 15 is 0 Å². The number of pyridine rings is 1. The Hall–Kier alpha value is -3.21. The molecule has 1 atom stereocenters. The SMILES string of the molecule is CC(C)CC(=O)NC1CC(=O)c2c([nH]c(-c3ccncc3)c2Cc2ccccc2)C1. The maximum absolute atomic E-state index is 13.2. The number of aromatic nitrogens is 2. The Bertz CT molecular complexity index is 1040. The van der Waals surface area contributed by atoms with Crippen molar-refractivity contribution in [1.29, 1.82) is 0 Å². The molecule has 0 saturated heterocycles. The predicted octanol–water partition coefficient (Wildman–Crippen LogP) is 4.33. The molecule has 30 heavy (non-hydrogen) atoms. The summed E-state index contributed by atoms with van der Waals surface area (Å²) < 4.78 is 0. The van der Waals surface area contributed by atoms with Crippen molar-refractivity contribution in [3.8, 4) is 11.3 Å². The van der Waals surface area contributed by atoms with E-state index in [2.05, 4.69) is 27.4 Å². The molecule has 1 unspecified atom stereocenters. The molecule has 1 aliphatic rings. The number of hydrogen-bond acceptors (Lipinski definition) is 3. The number of Topliss-reactive ketones (excluding diaryl/α,β-unsaturated/α-hetero) is 1. The second kappa shape index (κ2) is 8.66. The molecule has 3 aromatic rings. The summed E-state index contributed by atoms with van der Waals surface area (Å²) in [5, 5.41) is 3.05. The summed E-state index contributed by atoms with van der Waals surface area (Å²) >= 11 is 0. The Balaban J connectivity index is 1.69. The van der Waals surface area contributed by atoms with Crippen LogP contribution in [-0.2, 0) is 17.6 Å².